The maximum absolute atomic E-state index is 11.8. The Bertz CT molecular complexity index is 582. The Labute approximate surface area is 139 Å². The van der Waals surface area contributed by atoms with Crippen molar-refractivity contribution in [3.8, 4) is 0 Å². The van der Waals surface area contributed by atoms with Gasteiger partial charge in [0.25, 0.3) is 0 Å². The van der Waals surface area contributed by atoms with E-state index in [1.165, 1.54) is 0 Å². The van der Waals surface area contributed by atoms with E-state index in [2.05, 4.69) is 42.5 Å². The van der Waals surface area contributed by atoms with Crippen LogP contribution in [-0.2, 0) is 9.59 Å². The van der Waals surface area contributed by atoms with Crippen LogP contribution in [0.1, 0.15) is 6.42 Å². The predicted molar refractivity (Wildman–Crippen MR) is 90.2 cm³/mol. The lowest BCUT2D eigenvalue weighted by atomic mass is 10.3. The van der Waals surface area contributed by atoms with Crippen LogP contribution in [0.4, 0.5) is 11.4 Å². The zero-order valence-electron chi connectivity index (χ0n) is 10.9. The van der Waals surface area contributed by atoms with Gasteiger partial charge in [-0.25, -0.2) is 0 Å². The van der Waals surface area contributed by atoms with Crippen molar-refractivity contribution in [2.75, 3.05) is 10.6 Å². The van der Waals surface area contributed by atoms with Crippen LogP contribution in [0.5, 0.6) is 0 Å². The normalized spacial score (nSPS) is 10.0. The van der Waals surface area contributed by atoms with Crippen LogP contribution < -0.4 is 10.6 Å². The van der Waals surface area contributed by atoms with Crippen molar-refractivity contribution in [1.82, 2.24) is 0 Å². The number of anilines is 2. The highest BCUT2D eigenvalue weighted by Crippen LogP contribution is 2.15. The average molecular weight is 412 g/mol. The third-order valence-electron chi connectivity index (χ3n) is 2.58. The van der Waals surface area contributed by atoms with E-state index >= 15 is 0 Å². The van der Waals surface area contributed by atoms with E-state index in [9.17, 15) is 9.59 Å². The molecule has 0 bridgehead atoms. The van der Waals surface area contributed by atoms with Gasteiger partial charge >= 0.3 is 0 Å². The van der Waals surface area contributed by atoms with Gasteiger partial charge in [0, 0.05) is 20.3 Å². The van der Waals surface area contributed by atoms with Gasteiger partial charge < -0.3 is 10.6 Å². The predicted octanol–water partition coefficient (Wildman–Crippen LogP) is 4.18. The molecular formula is C15H12Br2N2O2. The zero-order valence-corrected chi connectivity index (χ0v) is 14.1. The van der Waals surface area contributed by atoms with Gasteiger partial charge in [0.2, 0.25) is 11.8 Å². The minimum absolute atomic E-state index is 0.230. The third kappa shape index (κ3) is 5.32. The number of rotatable bonds is 4. The minimum Gasteiger partial charge on any atom is -0.326 e. The monoisotopic (exact) mass is 410 g/mol. The van der Waals surface area contributed by atoms with Gasteiger partial charge in [0.1, 0.15) is 6.42 Å². The molecule has 0 heterocycles. The molecule has 0 spiro atoms. The Morgan fingerprint density at radius 1 is 0.714 bits per heavy atom. The number of hydrogen-bond acceptors (Lipinski definition) is 2. The molecule has 21 heavy (non-hydrogen) atoms. The maximum Gasteiger partial charge on any atom is 0.233 e. The van der Waals surface area contributed by atoms with Crippen molar-refractivity contribution in [2.24, 2.45) is 0 Å². The van der Waals surface area contributed by atoms with E-state index in [0.717, 1.165) is 8.95 Å². The van der Waals surface area contributed by atoms with E-state index in [-0.39, 0.29) is 18.2 Å². The van der Waals surface area contributed by atoms with Gasteiger partial charge in [-0.05, 0) is 48.5 Å². The summed E-state index contributed by atoms with van der Waals surface area (Å²) in [7, 11) is 0. The maximum atomic E-state index is 11.8. The van der Waals surface area contributed by atoms with Gasteiger partial charge in [-0.1, -0.05) is 31.9 Å². The lowest BCUT2D eigenvalue weighted by molar-refractivity contribution is -0.123. The molecular weight excluding hydrogens is 400 g/mol. The summed E-state index contributed by atoms with van der Waals surface area (Å²) in [6.07, 6.45) is -0.230. The van der Waals surface area contributed by atoms with Crippen LogP contribution in [0, 0.1) is 0 Å². The molecule has 4 nitrogen and oxygen atoms in total. The van der Waals surface area contributed by atoms with Crippen LogP contribution in [0.25, 0.3) is 0 Å². The number of amides is 2. The van der Waals surface area contributed by atoms with Gasteiger partial charge in [-0.2, -0.15) is 0 Å². The van der Waals surface area contributed by atoms with Gasteiger partial charge in [-0.15, -0.1) is 0 Å². The number of benzene rings is 2. The van der Waals surface area contributed by atoms with Crippen LogP contribution in [-0.4, -0.2) is 11.8 Å². The first-order valence-electron chi connectivity index (χ1n) is 6.14. The molecule has 0 saturated heterocycles. The molecule has 2 aromatic rings. The molecule has 108 valence electrons. The lowest BCUT2D eigenvalue weighted by Crippen LogP contribution is -2.21. The first kappa shape index (κ1) is 15.7. The number of carbonyl (C=O) groups is 2. The van der Waals surface area contributed by atoms with Gasteiger partial charge in [0.05, 0.1) is 0 Å². The fraction of sp³-hybridized carbons (Fsp3) is 0.0667. The number of carbonyl (C=O) groups excluding carboxylic acids is 2. The zero-order chi connectivity index (χ0) is 15.2. The Morgan fingerprint density at radius 2 is 1.05 bits per heavy atom. The van der Waals surface area contributed by atoms with E-state index in [1.807, 2.05) is 24.3 Å². The highest BCUT2D eigenvalue weighted by atomic mass is 79.9. The van der Waals surface area contributed by atoms with Crippen LogP contribution in [0.15, 0.2) is 57.5 Å². The molecule has 2 aromatic carbocycles. The average Bonchev–Trinajstić information content (AvgIpc) is 2.44. The standard InChI is InChI=1S/C15H12Br2N2O2/c16-10-1-5-12(6-2-10)18-14(20)9-15(21)19-13-7-3-11(17)4-8-13/h1-8H,9H2,(H,18,20)(H,19,21). The third-order valence-corrected chi connectivity index (χ3v) is 3.63. The molecule has 2 N–H and O–H groups in total. The summed E-state index contributed by atoms with van der Waals surface area (Å²) in [4.78, 5) is 23.5. The Balaban J connectivity index is 1.85. The fourth-order valence-corrected chi connectivity index (χ4v) is 2.15. The van der Waals surface area contributed by atoms with Crippen molar-refractivity contribution in [1.29, 1.82) is 0 Å². The molecule has 6 heteroatoms. The summed E-state index contributed by atoms with van der Waals surface area (Å²) in [5, 5.41) is 5.33. The molecule has 0 aliphatic heterocycles. The molecule has 0 atom stereocenters. The molecule has 2 rings (SSSR count). The largest absolute Gasteiger partial charge is 0.326 e. The molecule has 2 amide bonds. The molecule has 0 unspecified atom stereocenters. The van der Waals surface area contributed by atoms with E-state index in [4.69, 9.17) is 0 Å². The molecule has 0 fully saturated rings. The minimum atomic E-state index is -0.355. The smallest absolute Gasteiger partial charge is 0.233 e. The van der Waals surface area contributed by atoms with Gasteiger partial charge in [-0.3, -0.25) is 9.59 Å². The number of hydrogen-bond donors (Lipinski definition) is 2. The van der Waals surface area contributed by atoms with Crippen LogP contribution in [0.2, 0.25) is 0 Å². The van der Waals surface area contributed by atoms with Crippen LogP contribution >= 0.6 is 31.9 Å². The summed E-state index contributed by atoms with van der Waals surface area (Å²) in [6.45, 7) is 0. The number of halogens is 2. The Morgan fingerprint density at radius 3 is 1.38 bits per heavy atom. The quantitative estimate of drug-likeness (QED) is 0.741. The summed E-state index contributed by atoms with van der Waals surface area (Å²) >= 11 is 6.63. The van der Waals surface area contributed by atoms with Gasteiger partial charge in [0.15, 0.2) is 0 Å². The Kier molecular flexibility index (Phi) is 5.52. The SMILES string of the molecule is O=C(CC(=O)Nc1ccc(Br)cc1)Nc1ccc(Br)cc1. The highest BCUT2D eigenvalue weighted by molar-refractivity contribution is 9.10. The molecule has 0 saturated carbocycles. The number of nitrogens with one attached hydrogen (secondary N) is 2. The van der Waals surface area contributed by atoms with Crippen LogP contribution in [0.3, 0.4) is 0 Å². The molecule has 0 radical (unpaired) electrons. The fourth-order valence-electron chi connectivity index (χ4n) is 1.62. The van der Waals surface area contributed by atoms with Crippen molar-refractivity contribution >= 4 is 55.0 Å². The van der Waals surface area contributed by atoms with Crippen molar-refractivity contribution in [3.05, 3.63) is 57.5 Å². The van der Waals surface area contributed by atoms with E-state index in [0.29, 0.717) is 11.4 Å². The summed E-state index contributed by atoms with van der Waals surface area (Å²) in [5.74, 6) is -0.709. The summed E-state index contributed by atoms with van der Waals surface area (Å²) in [5.41, 5.74) is 1.30. The second-order valence-corrected chi connectivity index (χ2v) is 6.12. The molecule has 0 aliphatic carbocycles. The summed E-state index contributed by atoms with van der Waals surface area (Å²) < 4.78 is 1.85. The highest BCUT2D eigenvalue weighted by Gasteiger charge is 2.10. The first-order valence-corrected chi connectivity index (χ1v) is 7.72. The van der Waals surface area contributed by atoms with E-state index in [1.54, 1.807) is 24.3 Å². The topological polar surface area (TPSA) is 58.2 Å². The Hall–Kier alpha value is -1.66. The second kappa shape index (κ2) is 7.38. The van der Waals surface area contributed by atoms with Crippen molar-refractivity contribution in [2.45, 2.75) is 6.42 Å². The lowest BCUT2D eigenvalue weighted by Gasteiger charge is -2.07. The first-order chi connectivity index (χ1) is 10.0. The van der Waals surface area contributed by atoms with Crippen molar-refractivity contribution in [3.63, 3.8) is 0 Å². The van der Waals surface area contributed by atoms with E-state index < -0.39 is 0 Å². The molecule has 0 aromatic heterocycles. The second-order valence-electron chi connectivity index (χ2n) is 4.29. The summed E-state index contributed by atoms with van der Waals surface area (Å²) in [6, 6.07) is 14.3. The molecule has 0 aliphatic rings. The van der Waals surface area contributed by atoms with Crippen molar-refractivity contribution < 1.29 is 9.59 Å².